The van der Waals surface area contributed by atoms with Gasteiger partial charge in [0.15, 0.2) is 0 Å². The van der Waals surface area contributed by atoms with E-state index >= 15 is 0 Å². The third-order valence-electron chi connectivity index (χ3n) is 5.21. The summed E-state index contributed by atoms with van der Waals surface area (Å²) >= 11 is 1.53. The van der Waals surface area contributed by atoms with Crippen LogP contribution in [0.25, 0.3) is 10.9 Å². The van der Waals surface area contributed by atoms with Crippen molar-refractivity contribution >= 4 is 28.6 Å². The van der Waals surface area contributed by atoms with Crippen LogP contribution >= 0.6 is 11.8 Å². The summed E-state index contributed by atoms with van der Waals surface area (Å²) in [6.07, 6.45) is 0. The Morgan fingerprint density at radius 1 is 0.938 bits per heavy atom. The zero-order valence-corrected chi connectivity index (χ0v) is 18.9. The Morgan fingerprint density at radius 2 is 1.56 bits per heavy atom. The molecule has 5 nitrogen and oxygen atoms in total. The summed E-state index contributed by atoms with van der Waals surface area (Å²) in [5.41, 5.74) is 1.37. The van der Waals surface area contributed by atoms with Crippen LogP contribution in [0.4, 0.5) is 0 Å². The second-order valence-electron chi connectivity index (χ2n) is 7.81. The summed E-state index contributed by atoms with van der Waals surface area (Å²) in [6.45, 7) is 4.19. The molecule has 32 heavy (non-hydrogen) atoms. The second kappa shape index (κ2) is 9.83. The first-order valence-corrected chi connectivity index (χ1v) is 11.5. The number of hydrogen-bond acceptors (Lipinski definition) is 4. The standard InChI is InChI=1S/C26H25N3O2S/c1-18(2)29(17-23-27-22-16-10-9-15-21(22)25(30)28-23)26(31)24(19-11-5-3-6-12-19)32-20-13-7-4-8-14-20/h3-16,18,24H,17H2,1-2H3,(H,27,28,30)/t24-/m0/s1. The van der Waals surface area contributed by atoms with Crippen molar-refractivity contribution in [3.8, 4) is 0 Å². The molecule has 0 radical (unpaired) electrons. The zero-order chi connectivity index (χ0) is 22.5. The summed E-state index contributed by atoms with van der Waals surface area (Å²) in [5.74, 6) is 0.461. The molecule has 6 heteroatoms. The van der Waals surface area contributed by atoms with Crippen molar-refractivity contribution in [3.63, 3.8) is 0 Å². The fraction of sp³-hybridized carbons (Fsp3) is 0.192. The summed E-state index contributed by atoms with van der Waals surface area (Å²) in [4.78, 5) is 36.6. The third kappa shape index (κ3) is 4.92. The normalized spacial score (nSPS) is 12.1. The number of nitrogens with zero attached hydrogens (tertiary/aromatic N) is 2. The first kappa shape index (κ1) is 21.8. The molecule has 162 valence electrons. The largest absolute Gasteiger partial charge is 0.332 e. The molecule has 1 amide bonds. The molecule has 4 aromatic rings. The van der Waals surface area contributed by atoms with Crippen molar-refractivity contribution in [2.24, 2.45) is 0 Å². The fourth-order valence-corrected chi connectivity index (χ4v) is 4.68. The predicted molar refractivity (Wildman–Crippen MR) is 130 cm³/mol. The van der Waals surface area contributed by atoms with E-state index < -0.39 is 5.25 Å². The van der Waals surface area contributed by atoms with Crippen LogP contribution in [0, 0.1) is 0 Å². The van der Waals surface area contributed by atoms with Crippen molar-refractivity contribution in [3.05, 3.63) is 107 Å². The molecule has 0 spiro atoms. The number of aromatic amines is 1. The number of H-pyrrole nitrogens is 1. The zero-order valence-electron chi connectivity index (χ0n) is 18.1. The Bertz CT molecular complexity index is 1260. The van der Waals surface area contributed by atoms with Gasteiger partial charge < -0.3 is 9.88 Å². The quantitative estimate of drug-likeness (QED) is 0.399. The highest BCUT2D eigenvalue weighted by Crippen LogP contribution is 2.37. The number of aromatic nitrogens is 2. The maximum atomic E-state index is 13.8. The molecular formula is C26H25N3O2S. The van der Waals surface area contributed by atoms with Gasteiger partial charge in [-0.1, -0.05) is 60.7 Å². The van der Waals surface area contributed by atoms with Gasteiger partial charge in [-0.15, -0.1) is 11.8 Å². The van der Waals surface area contributed by atoms with E-state index in [1.54, 1.807) is 11.0 Å². The fourth-order valence-electron chi connectivity index (χ4n) is 3.56. The SMILES string of the molecule is CC(C)N(Cc1nc2ccccc2c(=O)[nH]1)C(=O)[C@@H](Sc1ccccc1)c1ccccc1. The topological polar surface area (TPSA) is 66.1 Å². The average molecular weight is 444 g/mol. The molecule has 4 rings (SSSR count). The molecule has 0 unspecified atom stereocenters. The number of amides is 1. The Hall–Kier alpha value is -3.38. The number of nitrogens with one attached hydrogen (secondary N) is 1. The molecule has 1 N–H and O–H groups in total. The van der Waals surface area contributed by atoms with E-state index in [-0.39, 0.29) is 24.1 Å². The molecule has 0 fully saturated rings. The molecule has 0 aliphatic rings. The van der Waals surface area contributed by atoms with Crippen molar-refractivity contribution in [2.75, 3.05) is 0 Å². The first-order valence-electron chi connectivity index (χ1n) is 10.6. The van der Waals surface area contributed by atoms with Gasteiger partial charge in [-0.3, -0.25) is 9.59 Å². The first-order chi connectivity index (χ1) is 15.5. The van der Waals surface area contributed by atoms with Crippen LogP contribution in [0.5, 0.6) is 0 Å². The number of hydrogen-bond donors (Lipinski definition) is 1. The summed E-state index contributed by atoms with van der Waals surface area (Å²) in [7, 11) is 0. The summed E-state index contributed by atoms with van der Waals surface area (Å²) < 4.78 is 0. The van der Waals surface area contributed by atoms with E-state index in [1.165, 1.54) is 11.8 Å². The van der Waals surface area contributed by atoms with Gasteiger partial charge in [0.2, 0.25) is 5.91 Å². The highest BCUT2D eigenvalue weighted by molar-refractivity contribution is 8.00. The lowest BCUT2D eigenvalue weighted by Crippen LogP contribution is -2.39. The Morgan fingerprint density at radius 3 is 2.25 bits per heavy atom. The van der Waals surface area contributed by atoms with Crippen LogP contribution < -0.4 is 5.56 Å². The Labute approximate surface area is 191 Å². The molecule has 1 aromatic heterocycles. The van der Waals surface area contributed by atoms with Crippen molar-refractivity contribution in [1.29, 1.82) is 0 Å². The minimum Gasteiger partial charge on any atom is -0.332 e. The van der Waals surface area contributed by atoms with E-state index in [2.05, 4.69) is 9.97 Å². The maximum Gasteiger partial charge on any atom is 0.258 e. The molecule has 1 atom stereocenters. The maximum absolute atomic E-state index is 13.8. The van der Waals surface area contributed by atoms with E-state index in [9.17, 15) is 9.59 Å². The van der Waals surface area contributed by atoms with Crippen LogP contribution in [0.15, 0.2) is 94.6 Å². The van der Waals surface area contributed by atoms with E-state index in [1.807, 2.05) is 92.7 Å². The molecule has 0 saturated carbocycles. The summed E-state index contributed by atoms with van der Waals surface area (Å²) in [6, 6.07) is 26.9. The van der Waals surface area contributed by atoms with Crippen LogP contribution in [0.2, 0.25) is 0 Å². The monoisotopic (exact) mass is 443 g/mol. The number of fused-ring (bicyclic) bond motifs is 1. The van der Waals surface area contributed by atoms with Crippen LogP contribution in [0.3, 0.4) is 0 Å². The van der Waals surface area contributed by atoms with E-state index in [4.69, 9.17) is 0 Å². The number of benzene rings is 3. The lowest BCUT2D eigenvalue weighted by molar-refractivity contribution is -0.133. The predicted octanol–water partition coefficient (Wildman–Crippen LogP) is 5.19. The van der Waals surface area contributed by atoms with Crippen molar-refractivity contribution in [1.82, 2.24) is 14.9 Å². The molecule has 0 bridgehead atoms. The van der Waals surface area contributed by atoms with E-state index in [0.717, 1.165) is 10.5 Å². The van der Waals surface area contributed by atoms with Crippen LogP contribution in [-0.4, -0.2) is 26.8 Å². The number of para-hydroxylation sites is 1. The molecule has 0 aliphatic carbocycles. The van der Waals surface area contributed by atoms with Crippen LogP contribution in [0.1, 0.15) is 30.5 Å². The number of thioether (sulfide) groups is 1. The number of rotatable bonds is 7. The van der Waals surface area contributed by atoms with Gasteiger partial charge in [0.05, 0.1) is 17.4 Å². The van der Waals surface area contributed by atoms with Crippen molar-refractivity contribution < 1.29 is 4.79 Å². The molecule has 1 heterocycles. The molecule has 3 aromatic carbocycles. The molecule has 0 aliphatic heterocycles. The molecule has 0 saturated heterocycles. The Balaban J connectivity index is 1.67. The Kier molecular flexibility index (Phi) is 6.71. The number of carbonyl (C=O) groups is 1. The van der Waals surface area contributed by atoms with Gasteiger partial charge in [-0.05, 0) is 43.7 Å². The highest BCUT2D eigenvalue weighted by Gasteiger charge is 2.29. The highest BCUT2D eigenvalue weighted by atomic mass is 32.2. The minimum absolute atomic E-state index is 0.0177. The minimum atomic E-state index is -0.409. The van der Waals surface area contributed by atoms with Crippen LogP contribution in [-0.2, 0) is 11.3 Å². The van der Waals surface area contributed by atoms with E-state index in [0.29, 0.717) is 16.7 Å². The third-order valence-corrected chi connectivity index (χ3v) is 6.47. The van der Waals surface area contributed by atoms with Gasteiger partial charge in [0.25, 0.3) is 5.56 Å². The van der Waals surface area contributed by atoms with Gasteiger partial charge >= 0.3 is 0 Å². The average Bonchev–Trinajstić information content (AvgIpc) is 2.82. The van der Waals surface area contributed by atoms with Gasteiger partial charge in [0.1, 0.15) is 11.1 Å². The summed E-state index contributed by atoms with van der Waals surface area (Å²) in [5, 5.41) is 0.133. The van der Waals surface area contributed by atoms with Gasteiger partial charge in [-0.25, -0.2) is 4.98 Å². The smallest absolute Gasteiger partial charge is 0.258 e. The second-order valence-corrected chi connectivity index (χ2v) is 8.99. The van der Waals surface area contributed by atoms with Crippen molar-refractivity contribution in [2.45, 2.75) is 36.6 Å². The van der Waals surface area contributed by atoms with Gasteiger partial charge in [0, 0.05) is 10.9 Å². The van der Waals surface area contributed by atoms with Gasteiger partial charge in [-0.2, -0.15) is 0 Å². The molecular weight excluding hydrogens is 418 g/mol. The lowest BCUT2D eigenvalue weighted by Gasteiger charge is -2.30. The number of carbonyl (C=O) groups excluding carboxylic acids is 1. The lowest BCUT2D eigenvalue weighted by atomic mass is 10.1.